The third kappa shape index (κ3) is 4.30. The molecule has 1 aliphatic rings. The van der Waals surface area contributed by atoms with Gasteiger partial charge < -0.3 is 15.0 Å². The number of hydrogen-bond donors (Lipinski definition) is 1. The normalized spacial score (nSPS) is 14.6. The Hall–Kier alpha value is -2.55. The number of aryl methyl sites for hydroxylation is 2. The number of carbonyl (C=O) groups is 1. The zero-order chi connectivity index (χ0) is 17.6. The van der Waals surface area contributed by atoms with Crippen molar-refractivity contribution in [2.45, 2.75) is 33.2 Å². The maximum absolute atomic E-state index is 12.2. The molecule has 1 aliphatic heterocycles. The largest absolute Gasteiger partial charge is 0.378 e. The molecule has 0 atom stereocenters. The number of rotatable bonds is 6. The number of ether oxygens (including phenoxy) is 1. The van der Waals surface area contributed by atoms with E-state index in [9.17, 15) is 4.79 Å². The smallest absolute Gasteiger partial charge is 0.247 e. The van der Waals surface area contributed by atoms with Crippen molar-refractivity contribution >= 4 is 17.5 Å². The van der Waals surface area contributed by atoms with Crippen LogP contribution in [0.3, 0.4) is 0 Å². The number of morpholine rings is 1. The molecule has 9 nitrogen and oxygen atoms in total. The van der Waals surface area contributed by atoms with Gasteiger partial charge in [0.2, 0.25) is 11.9 Å². The number of nitrogens with zero attached hydrogens (tertiary/aromatic N) is 6. The van der Waals surface area contributed by atoms with Gasteiger partial charge in [-0.05, 0) is 12.8 Å². The first-order chi connectivity index (χ1) is 12.2. The molecule has 0 aromatic carbocycles. The van der Waals surface area contributed by atoms with E-state index in [-0.39, 0.29) is 12.5 Å². The minimum Gasteiger partial charge on any atom is -0.378 e. The zero-order valence-electron chi connectivity index (χ0n) is 14.6. The van der Waals surface area contributed by atoms with E-state index in [4.69, 9.17) is 4.74 Å². The lowest BCUT2D eigenvalue weighted by Gasteiger charge is -2.26. The zero-order valence-corrected chi connectivity index (χ0v) is 14.6. The molecule has 0 unspecified atom stereocenters. The highest BCUT2D eigenvalue weighted by molar-refractivity contribution is 5.76. The second kappa shape index (κ2) is 8.02. The van der Waals surface area contributed by atoms with Crippen molar-refractivity contribution in [1.82, 2.24) is 29.9 Å². The summed E-state index contributed by atoms with van der Waals surface area (Å²) in [6.07, 6.45) is 5.03. The summed E-state index contributed by atoms with van der Waals surface area (Å²) in [4.78, 5) is 18.5. The molecule has 0 spiro atoms. The lowest BCUT2D eigenvalue weighted by atomic mass is 10.2. The van der Waals surface area contributed by atoms with Gasteiger partial charge in [-0.25, -0.2) is 4.98 Å². The van der Waals surface area contributed by atoms with Crippen LogP contribution in [0, 0.1) is 0 Å². The third-order valence-corrected chi connectivity index (χ3v) is 4.06. The average molecular weight is 345 g/mol. The summed E-state index contributed by atoms with van der Waals surface area (Å²) in [5.41, 5.74) is 2.58. The molecular weight excluding hydrogens is 322 g/mol. The predicted molar refractivity (Wildman–Crippen MR) is 91.5 cm³/mol. The van der Waals surface area contributed by atoms with Gasteiger partial charge in [-0.3, -0.25) is 9.48 Å². The van der Waals surface area contributed by atoms with Gasteiger partial charge in [0, 0.05) is 19.3 Å². The molecule has 9 heteroatoms. The van der Waals surface area contributed by atoms with Gasteiger partial charge in [-0.2, -0.15) is 5.10 Å². The highest BCUT2D eigenvalue weighted by Gasteiger charge is 2.17. The Bertz CT molecular complexity index is 725. The summed E-state index contributed by atoms with van der Waals surface area (Å²) >= 11 is 0. The number of amides is 1. The van der Waals surface area contributed by atoms with E-state index in [0.717, 1.165) is 29.9 Å². The Morgan fingerprint density at radius 3 is 2.68 bits per heavy atom. The minimum atomic E-state index is 0.0384. The van der Waals surface area contributed by atoms with Gasteiger partial charge in [0.05, 0.1) is 36.5 Å². The average Bonchev–Trinajstić information content (AvgIpc) is 3.09. The van der Waals surface area contributed by atoms with E-state index >= 15 is 0 Å². The van der Waals surface area contributed by atoms with E-state index in [1.807, 2.05) is 13.8 Å². The molecular formula is C16H23N7O2. The molecule has 1 saturated heterocycles. The summed E-state index contributed by atoms with van der Waals surface area (Å²) in [6, 6.07) is 0. The van der Waals surface area contributed by atoms with Crippen LogP contribution in [-0.4, -0.2) is 62.1 Å². The first-order valence-electron chi connectivity index (χ1n) is 8.57. The third-order valence-electron chi connectivity index (χ3n) is 4.06. The molecule has 134 valence electrons. The number of hydrogen-bond acceptors (Lipinski definition) is 7. The second-order valence-corrected chi connectivity index (χ2v) is 5.78. The second-order valence-electron chi connectivity index (χ2n) is 5.78. The van der Waals surface area contributed by atoms with Crippen molar-refractivity contribution in [2.75, 3.05) is 31.6 Å². The fourth-order valence-electron chi connectivity index (χ4n) is 2.69. The SMILES string of the molecule is CCc1nnc(Nc2cnn(CC(=O)N3CCOCC3)c2)nc1CC. The van der Waals surface area contributed by atoms with Crippen LogP contribution in [0.2, 0.25) is 0 Å². The molecule has 1 fully saturated rings. The monoisotopic (exact) mass is 345 g/mol. The molecule has 2 aromatic heterocycles. The van der Waals surface area contributed by atoms with Crippen molar-refractivity contribution in [3.63, 3.8) is 0 Å². The topological polar surface area (TPSA) is 98.1 Å². The Kier molecular flexibility index (Phi) is 5.54. The van der Waals surface area contributed by atoms with Crippen LogP contribution in [-0.2, 0) is 28.9 Å². The summed E-state index contributed by atoms with van der Waals surface area (Å²) in [5, 5.41) is 15.6. The van der Waals surface area contributed by atoms with E-state index in [2.05, 4.69) is 25.6 Å². The van der Waals surface area contributed by atoms with Crippen LogP contribution in [0.1, 0.15) is 25.2 Å². The number of anilines is 2. The van der Waals surface area contributed by atoms with E-state index in [0.29, 0.717) is 32.3 Å². The standard InChI is InChI=1S/C16H23N7O2/c1-3-13-14(4-2)20-21-16(19-13)18-12-9-17-23(10-12)11-15(24)22-5-7-25-8-6-22/h9-10H,3-8,11H2,1-2H3,(H,18,19,21). The lowest BCUT2D eigenvalue weighted by molar-refractivity contribution is -0.136. The Labute approximate surface area is 146 Å². The summed E-state index contributed by atoms with van der Waals surface area (Å²) in [5.74, 6) is 0.476. The molecule has 1 N–H and O–H groups in total. The molecule has 0 aliphatic carbocycles. The van der Waals surface area contributed by atoms with Crippen molar-refractivity contribution in [2.24, 2.45) is 0 Å². The highest BCUT2D eigenvalue weighted by Crippen LogP contribution is 2.13. The maximum Gasteiger partial charge on any atom is 0.247 e. The van der Waals surface area contributed by atoms with E-state index in [1.54, 1.807) is 22.0 Å². The van der Waals surface area contributed by atoms with Gasteiger partial charge >= 0.3 is 0 Å². The van der Waals surface area contributed by atoms with Crippen LogP contribution < -0.4 is 5.32 Å². The number of aromatic nitrogens is 5. The van der Waals surface area contributed by atoms with Crippen LogP contribution in [0.25, 0.3) is 0 Å². The molecule has 0 saturated carbocycles. The van der Waals surface area contributed by atoms with Gasteiger partial charge in [0.15, 0.2) is 0 Å². The number of carbonyl (C=O) groups excluding carboxylic acids is 1. The van der Waals surface area contributed by atoms with E-state index in [1.165, 1.54) is 0 Å². The van der Waals surface area contributed by atoms with Crippen LogP contribution >= 0.6 is 0 Å². The minimum absolute atomic E-state index is 0.0384. The van der Waals surface area contributed by atoms with Crippen LogP contribution in [0.5, 0.6) is 0 Å². The molecule has 3 heterocycles. The Morgan fingerprint density at radius 1 is 1.20 bits per heavy atom. The molecule has 1 amide bonds. The number of nitrogens with one attached hydrogen (secondary N) is 1. The van der Waals surface area contributed by atoms with Gasteiger partial charge in [-0.1, -0.05) is 13.8 Å². The fraction of sp³-hybridized carbons (Fsp3) is 0.562. The van der Waals surface area contributed by atoms with E-state index < -0.39 is 0 Å². The summed E-state index contributed by atoms with van der Waals surface area (Å²) in [6.45, 7) is 6.74. The quantitative estimate of drug-likeness (QED) is 0.826. The molecule has 2 aromatic rings. The van der Waals surface area contributed by atoms with Gasteiger partial charge in [0.25, 0.3) is 0 Å². The lowest BCUT2D eigenvalue weighted by Crippen LogP contribution is -2.42. The van der Waals surface area contributed by atoms with Crippen LogP contribution in [0.4, 0.5) is 11.6 Å². The summed E-state index contributed by atoms with van der Waals surface area (Å²) in [7, 11) is 0. The van der Waals surface area contributed by atoms with Crippen molar-refractivity contribution in [1.29, 1.82) is 0 Å². The molecule has 0 radical (unpaired) electrons. The fourth-order valence-corrected chi connectivity index (χ4v) is 2.69. The molecule has 3 rings (SSSR count). The van der Waals surface area contributed by atoms with Crippen molar-refractivity contribution < 1.29 is 9.53 Å². The van der Waals surface area contributed by atoms with Gasteiger partial charge in [-0.15, -0.1) is 10.2 Å². The first-order valence-corrected chi connectivity index (χ1v) is 8.57. The van der Waals surface area contributed by atoms with Crippen molar-refractivity contribution in [3.05, 3.63) is 23.8 Å². The molecule has 0 bridgehead atoms. The van der Waals surface area contributed by atoms with Crippen molar-refractivity contribution in [3.8, 4) is 0 Å². The van der Waals surface area contributed by atoms with Crippen LogP contribution in [0.15, 0.2) is 12.4 Å². The Morgan fingerprint density at radius 2 is 1.96 bits per heavy atom. The Balaban J connectivity index is 1.62. The predicted octanol–water partition coefficient (Wildman–Crippen LogP) is 0.795. The first kappa shape index (κ1) is 17.3. The highest BCUT2D eigenvalue weighted by atomic mass is 16.5. The maximum atomic E-state index is 12.2. The van der Waals surface area contributed by atoms with Gasteiger partial charge in [0.1, 0.15) is 6.54 Å². The molecule has 25 heavy (non-hydrogen) atoms. The summed E-state index contributed by atoms with van der Waals surface area (Å²) < 4.78 is 6.87.